The van der Waals surface area contributed by atoms with Gasteiger partial charge in [-0.1, -0.05) is 84.2 Å². The van der Waals surface area contributed by atoms with E-state index >= 15 is 0 Å². The maximum absolute atomic E-state index is 2.45. The van der Waals surface area contributed by atoms with Gasteiger partial charge < -0.3 is 18.8 Å². The van der Waals surface area contributed by atoms with E-state index in [2.05, 4.69) is 207 Å². The van der Waals surface area contributed by atoms with Crippen LogP contribution in [0.5, 0.6) is 0 Å². The van der Waals surface area contributed by atoms with Crippen molar-refractivity contribution in [1.29, 1.82) is 0 Å². The molecule has 0 atom stereocenters. The number of allylic oxidation sites excluding steroid dienone is 2. The van der Waals surface area contributed by atoms with Crippen molar-refractivity contribution in [1.82, 2.24) is 0 Å². The molecule has 6 aromatic rings. The Bertz CT molecular complexity index is 2550. The zero-order valence-electron chi connectivity index (χ0n) is 35.7. The summed E-state index contributed by atoms with van der Waals surface area (Å²) in [5.41, 5.74) is 7.69. The highest BCUT2D eigenvalue weighted by molar-refractivity contribution is 8.04. The Kier molecular flexibility index (Phi) is 12.3. The van der Waals surface area contributed by atoms with Crippen LogP contribution in [0.4, 0.5) is 11.4 Å². The Hall–Kier alpha value is -4.86. The number of unbranched alkanes of at least 4 members (excludes halogenated alkanes) is 1. The van der Waals surface area contributed by atoms with E-state index in [1.165, 1.54) is 103 Å². The summed E-state index contributed by atoms with van der Waals surface area (Å²) in [6.45, 7) is 6.70. The van der Waals surface area contributed by atoms with Crippen molar-refractivity contribution in [3.8, 4) is 0 Å². The minimum Gasteiger partial charge on any atom is -0.338 e. The fourth-order valence-electron chi connectivity index (χ4n) is 8.51. The third-order valence-corrected chi connectivity index (χ3v) is 14.5. The number of aryl methyl sites for hydroxylation is 1. The molecule has 0 unspecified atom stereocenters. The second kappa shape index (κ2) is 17.8. The van der Waals surface area contributed by atoms with E-state index in [9.17, 15) is 0 Å². The van der Waals surface area contributed by atoms with Crippen molar-refractivity contribution in [2.24, 2.45) is 0 Å². The van der Waals surface area contributed by atoms with Crippen LogP contribution in [0, 0.1) is 0 Å². The van der Waals surface area contributed by atoms with Gasteiger partial charge in [0.25, 0.3) is 0 Å². The molecule has 4 heterocycles. The molecule has 0 amide bonds. The molecule has 2 aromatic heterocycles. The summed E-state index contributed by atoms with van der Waals surface area (Å²) in [5, 5.41) is 5.12. The number of benzene rings is 4. The summed E-state index contributed by atoms with van der Waals surface area (Å²) in [5.74, 6) is 0. The van der Waals surface area contributed by atoms with Crippen molar-refractivity contribution in [3.63, 3.8) is 0 Å². The Labute approximate surface area is 360 Å². The topological polar surface area (TPSA) is 14.2 Å². The van der Waals surface area contributed by atoms with Gasteiger partial charge in [0.15, 0.2) is 18.9 Å². The number of pyridine rings is 2. The van der Waals surface area contributed by atoms with Gasteiger partial charge in [-0.05, 0) is 59.7 Å². The lowest BCUT2D eigenvalue weighted by Crippen LogP contribution is -2.50. The zero-order chi connectivity index (χ0) is 41.0. The Morgan fingerprint density at radius 1 is 0.525 bits per heavy atom. The smallest absolute Gasteiger partial charge is 0.213 e. The van der Waals surface area contributed by atoms with E-state index in [0.717, 1.165) is 28.6 Å². The number of nitrogens with zero attached hydrogens (tertiary/aromatic N) is 6. The molecular formula is C51H60N6S2+4. The van der Waals surface area contributed by atoms with E-state index in [4.69, 9.17) is 0 Å². The molecule has 0 N–H and O–H groups in total. The van der Waals surface area contributed by atoms with Crippen LogP contribution >= 0.6 is 23.5 Å². The van der Waals surface area contributed by atoms with Gasteiger partial charge in [-0.3, -0.25) is 0 Å². The number of aromatic nitrogens is 2. The monoisotopic (exact) mass is 820 g/mol. The quantitative estimate of drug-likeness (QED) is 0.0582. The predicted octanol–water partition coefficient (Wildman–Crippen LogP) is 10.2. The number of thioether (sulfide) groups is 2. The molecule has 0 bridgehead atoms. The van der Waals surface area contributed by atoms with Crippen LogP contribution in [0.1, 0.15) is 30.4 Å². The summed E-state index contributed by atoms with van der Waals surface area (Å²) in [7, 11) is 14.0. The number of quaternary nitrogens is 2. The van der Waals surface area contributed by atoms with E-state index < -0.39 is 0 Å². The molecule has 4 aromatic carbocycles. The van der Waals surface area contributed by atoms with Crippen molar-refractivity contribution in [3.05, 3.63) is 155 Å². The van der Waals surface area contributed by atoms with Gasteiger partial charge >= 0.3 is 0 Å². The first-order chi connectivity index (χ1) is 28.6. The molecule has 0 saturated heterocycles. The van der Waals surface area contributed by atoms with Gasteiger partial charge in [0.2, 0.25) is 11.0 Å². The summed E-state index contributed by atoms with van der Waals surface area (Å²) >= 11 is 3.69. The first kappa shape index (κ1) is 40.9. The molecule has 6 nitrogen and oxygen atoms in total. The molecule has 2 aliphatic heterocycles. The molecule has 0 radical (unpaired) electrons. The predicted molar refractivity (Wildman–Crippen MR) is 252 cm³/mol. The van der Waals surface area contributed by atoms with Crippen molar-refractivity contribution in [2.45, 2.75) is 42.1 Å². The Morgan fingerprint density at radius 3 is 1.69 bits per heavy atom. The average Bonchev–Trinajstić information content (AvgIpc) is 3.73. The van der Waals surface area contributed by atoms with Gasteiger partial charge in [-0.15, -0.1) is 0 Å². The molecule has 0 fully saturated rings. The molecule has 302 valence electrons. The largest absolute Gasteiger partial charge is 0.338 e. The molecule has 8 heteroatoms. The van der Waals surface area contributed by atoms with Crippen LogP contribution < -0.4 is 18.9 Å². The normalized spacial score (nSPS) is 15.7. The molecule has 2 aliphatic rings. The summed E-state index contributed by atoms with van der Waals surface area (Å²) in [6.07, 6.45) is 17.2. The highest BCUT2D eigenvalue weighted by Gasteiger charge is 2.25. The van der Waals surface area contributed by atoms with Crippen LogP contribution in [0.25, 0.3) is 34.0 Å². The Morgan fingerprint density at radius 2 is 1.03 bits per heavy atom. The number of hydrogen-bond acceptors (Lipinski definition) is 4. The fraction of sp³-hybridized carbons (Fsp3) is 0.294. The Balaban J connectivity index is 0.810. The number of likely N-dealkylation sites (N-methyl/N-ethyl adjacent to an activating group) is 1. The third-order valence-electron chi connectivity index (χ3n) is 12.1. The van der Waals surface area contributed by atoms with E-state index in [1.807, 2.05) is 23.5 Å². The number of para-hydroxylation sites is 4. The summed E-state index contributed by atoms with van der Waals surface area (Å²) in [6, 6.07) is 39.6. The molecule has 0 aliphatic carbocycles. The summed E-state index contributed by atoms with van der Waals surface area (Å²) < 4.78 is 6.98. The van der Waals surface area contributed by atoms with E-state index in [0.29, 0.717) is 0 Å². The average molecular weight is 821 g/mol. The maximum Gasteiger partial charge on any atom is 0.213 e. The molecule has 59 heavy (non-hydrogen) atoms. The number of anilines is 2. The van der Waals surface area contributed by atoms with E-state index in [-0.39, 0.29) is 0 Å². The van der Waals surface area contributed by atoms with Crippen LogP contribution in [0.3, 0.4) is 0 Å². The van der Waals surface area contributed by atoms with Crippen LogP contribution in [0.2, 0.25) is 0 Å². The van der Waals surface area contributed by atoms with Gasteiger partial charge in [0.05, 0.1) is 80.0 Å². The van der Waals surface area contributed by atoms with Crippen LogP contribution in [0.15, 0.2) is 154 Å². The minimum absolute atomic E-state index is 0.996. The fourth-order valence-corrected chi connectivity index (χ4v) is 10.7. The lowest BCUT2D eigenvalue weighted by molar-refractivity contribution is -0.919. The first-order valence-electron chi connectivity index (χ1n) is 21.1. The van der Waals surface area contributed by atoms with Crippen LogP contribution in [-0.4, -0.2) is 77.4 Å². The lowest BCUT2D eigenvalue weighted by Gasteiger charge is -2.33. The SMILES string of the molecule is CN1/C(=C/C=C/c2cc[n+](CCCC[N+](C)(C)CCC[N+](C)(C)CC[n+]3ccc(/C=C4\Sc5ccccc5N4C)c4ccccc43)c3ccccc23)Sc2ccccc21. The minimum atomic E-state index is 0.996. The number of hydrogen-bond donors (Lipinski definition) is 0. The highest BCUT2D eigenvalue weighted by Crippen LogP contribution is 2.46. The zero-order valence-corrected chi connectivity index (χ0v) is 37.4. The summed E-state index contributed by atoms with van der Waals surface area (Å²) in [4.78, 5) is 7.22. The molecular weight excluding hydrogens is 761 g/mol. The third kappa shape index (κ3) is 9.47. The first-order valence-corrected chi connectivity index (χ1v) is 22.8. The van der Waals surface area contributed by atoms with Gasteiger partial charge in [-0.25, -0.2) is 0 Å². The molecule has 8 rings (SSSR count). The molecule has 0 saturated carbocycles. The van der Waals surface area contributed by atoms with Crippen molar-refractivity contribution in [2.75, 3.05) is 78.3 Å². The number of fused-ring (bicyclic) bond motifs is 4. The lowest BCUT2D eigenvalue weighted by atomic mass is 10.1. The standard InChI is InChI=1S/C51H60N6S2/c1-52-46-24-11-13-26-48(46)58-50(52)28-17-19-40-29-32-54(44-22-9-7-20-42(40)44)31-15-16-35-56(3,4)36-18-37-57(5,6)38-34-55-33-30-41(43-21-8-10-23-45(43)55)39-51-53(2)47-25-12-14-27-49(47)59-51/h7-14,17,19-30,32-33,39H,15-16,18,31,34-38H2,1-6H3/q+4. The van der Waals surface area contributed by atoms with Crippen molar-refractivity contribution < 1.29 is 18.1 Å². The maximum atomic E-state index is 2.45. The van der Waals surface area contributed by atoms with Gasteiger partial charge in [0, 0.05) is 67.4 Å². The van der Waals surface area contributed by atoms with Gasteiger partial charge in [-0.2, -0.15) is 9.13 Å². The van der Waals surface area contributed by atoms with Gasteiger partial charge in [0.1, 0.15) is 13.1 Å². The molecule has 0 spiro atoms. The second-order valence-corrected chi connectivity index (χ2v) is 19.5. The second-order valence-electron chi connectivity index (χ2n) is 17.4. The van der Waals surface area contributed by atoms with Crippen LogP contribution in [-0.2, 0) is 13.1 Å². The highest BCUT2D eigenvalue weighted by atomic mass is 32.2. The van der Waals surface area contributed by atoms with E-state index in [1.54, 1.807) is 0 Å². The number of rotatable bonds is 15. The van der Waals surface area contributed by atoms with Crippen molar-refractivity contribution >= 4 is 68.9 Å².